The van der Waals surface area contributed by atoms with E-state index in [1.165, 1.54) is 0 Å². The molecule has 0 aromatic heterocycles. The third-order valence-corrected chi connectivity index (χ3v) is 2.75. The van der Waals surface area contributed by atoms with Crippen LogP contribution in [0.25, 0.3) is 0 Å². The lowest BCUT2D eigenvalue weighted by Gasteiger charge is -2.18. The summed E-state index contributed by atoms with van der Waals surface area (Å²) in [5.41, 5.74) is 2.27. The maximum absolute atomic E-state index is 11.0. The maximum atomic E-state index is 11.0. The van der Waals surface area contributed by atoms with Gasteiger partial charge >= 0.3 is 5.97 Å². The molecule has 0 saturated heterocycles. The Kier molecular flexibility index (Phi) is 2.56. The number of benzene rings is 1. The van der Waals surface area contributed by atoms with E-state index in [1.807, 2.05) is 6.07 Å². The molecule has 1 heterocycles. The summed E-state index contributed by atoms with van der Waals surface area (Å²) in [6.45, 7) is 1.12. The normalized spacial score (nSPS) is 14.9. The van der Waals surface area contributed by atoms with Gasteiger partial charge in [-0.1, -0.05) is 15.9 Å². The summed E-state index contributed by atoms with van der Waals surface area (Å²) in [5.74, 6) is -0.871. The van der Waals surface area contributed by atoms with E-state index < -0.39 is 5.97 Å². The molecule has 4 heteroatoms. The van der Waals surface area contributed by atoms with Gasteiger partial charge in [0.1, 0.15) is 0 Å². The third kappa shape index (κ3) is 1.67. The van der Waals surface area contributed by atoms with Crippen molar-refractivity contribution in [2.45, 2.75) is 13.0 Å². The van der Waals surface area contributed by atoms with Crippen molar-refractivity contribution in [3.05, 3.63) is 33.3 Å². The van der Waals surface area contributed by atoms with Crippen LogP contribution in [0.2, 0.25) is 0 Å². The van der Waals surface area contributed by atoms with Crippen LogP contribution in [-0.2, 0) is 17.8 Å². The molecular weight excluding hydrogens is 248 g/mol. The van der Waals surface area contributed by atoms with E-state index in [0.29, 0.717) is 25.2 Å². The smallest absolute Gasteiger partial charge is 0.336 e. The molecule has 1 aliphatic heterocycles. The van der Waals surface area contributed by atoms with Crippen LogP contribution in [0.1, 0.15) is 21.5 Å². The zero-order valence-electron chi connectivity index (χ0n) is 7.42. The molecule has 0 bridgehead atoms. The van der Waals surface area contributed by atoms with E-state index >= 15 is 0 Å². The van der Waals surface area contributed by atoms with Crippen LogP contribution in [0.3, 0.4) is 0 Å². The van der Waals surface area contributed by atoms with Gasteiger partial charge < -0.3 is 9.84 Å². The van der Waals surface area contributed by atoms with E-state index in [9.17, 15) is 4.79 Å². The summed E-state index contributed by atoms with van der Waals surface area (Å²) < 4.78 is 6.06. The Morgan fingerprint density at radius 2 is 2.29 bits per heavy atom. The molecule has 3 nitrogen and oxygen atoms in total. The SMILES string of the molecule is O=C(O)c1cc(Br)cc2c1CCOC2. The van der Waals surface area contributed by atoms with Crippen molar-refractivity contribution in [1.29, 1.82) is 0 Å². The Morgan fingerprint density at radius 3 is 3.00 bits per heavy atom. The molecular formula is C10H9BrO3. The molecule has 0 saturated carbocycles. The van der Waals surface area contributed by atoms with Crippen LogP contribution in [0, 0.1) is 0 Å². The molecule has 0 amide bonds. The fourth-order valence-corrected chi connectivity index (χ4v) is 2.17. The molecule has 0 spiro atoms. The van der Waals surface area contributed by atoms with Gasteiger partial charge in [-0.05, 0) is 29.7 Å². The van der Waals surface area contributed by atoms with Gasteiger partial charge in [0.25, 0.3) is 0 Å². The number of carboxylic acids is 1. The summed E-state index contributed by atoms with van der Waals surface area (Å²) in [6, 6.07) is 3.56. The Morgan fingerprint density at radius 1 is 1.50 bits per heavy atom. The van der Waals surface area contributed by atoms with Crippen molar-refractivity contribution in [1.82, 2.24) is 0 Å². The Hall–Kier alpha value is -0.870. The van der Waals surface area contributed by atoms with Crippen LogP contribution in [0.4, 0.5) is 0 Å². The second kappa shape index (κ2) is 3.71. The average molecular weight is 257 g/mol. The number of carboxylic acid groups (broad SMARTS) is 1. The number of carbonyl (C=O) groups is 1. The first-order valence-corrected chi connectivity index (χ1v) is 5.10. The van der Waals surface area contributed by atoms with Gasteiger partial charge in [-0.25, -0.2) is 4.79 Å². The summed E-state index contributed by atoms with van der Waals surface area (Å²) in [5, 5.41) is 9.00. The Labute approximate surface area is 89.8 Å². The summed E-state index contributed by atoms with van der Waals surface area (Å²) in [7, 11) is 0. The number of hydrogen-bond donors (Lipinski definition) is 1. The predicted octanol–water partition coefficient (Wildman–Crippen LogP) is 2.22. The van der Waals surface area contributed by atoms with Crippen LogP contribution in [0.5, 0.6) is 0 Å². The minimum absolute atomic E-state index is 0.387. The van der Waals surface area contributed by atoms with Crippen molar-refractivity contribution in [3.8, 4) is 0 Å². The van der Waals surface area contributed by atoms with Gasteiger partial charge in [0.2, 0.25) is 0 Å². The fourth-order valence-electron chi connectivity index (χ4n) is 1.66. The third-order valence-electron chi connectivity index (χ3n) is 2.29. The number of rotatable bonds is 1. The second-order valence-corrected chi connectivity index (χ2v) is 4.11. The van der Waals surface area contributed by atoms with Crippen LogP contribution < -0.4 is 0 Å². The fraction of sp³-hybridized carbons (Fsp3) is 0.300. The molecule has 14 heavy (non-hydrogen) atoms. The number of hydrogen-bond acceptors (Lipinski definition) is 2. The van der Waals surface area contributed by atoms with Gasteiger partial charge in [-0.15, -0.1) is 0 Å². The molecule has 74 valence electrons. The van der Waals surface area contributed by atoms with E-state index in [4.69, 9.17) is 9.84 Å². The molecule has 0 radical (unpaired) electrons. The molecule has 1 aliphatic rings. The van der Waals surface area contributed by atoms with Crippen molar-refractivity contribution >= 4 is 21.9 Å². The molecule has 0 aliphatic carbocycles. The molecule has 1 N–H and O–H groups in total. The lowest BCUT2D eigenvalue weighted by atomic mass is 9.97. The number of halogens is 1. The van der Waals surface area contributed by atoms with Crippen molar-refractivity contribution < 1.29 is 14.6 Å². The Bertz CT molecular complexity index is 387. The minimum atomic E-state index is -0.871. The van der Waals surface area contributed by atoms with Crippen molar-refractivity contribution in [2.24, 2.45) is 0 Å². The first-order valence-electron chi connectivity index (χ1n) is 4.31. The highest BCUT2D eigenvalue weighted by atomic mass is 79.9. The zero-order chi connectivity index (χ0) is 10.1. The van der Waals surface area contributed by atoms with E-state index in [-0.39, 0.29) is 0 Å². The maximum Gasteiger partial charge on any atom is 0.336 e. The number of ether oxygens (including phenoxy) is 1. The molecule has 0 unspecified atom stereocenters. The quantitative estimate of drug-likeness (QED) is 0.839. The predicted molar refractivity (Wildman–Crippen MR) is 54.5 cm³/mol. The Balaban J connectivity index is 2.58. The number of fused-ring (bicyclic) bond motifs is 1. The van der Waals surface area contributed by atoms with Crippen molar-refractivity contribution in [2.75, 3.05) is 6.61 Å². The van der Waals surface area contributed by atoms with E-state index in [1.54, 1.807) is 6.07 Å². The van der Waals surface area contributed by atoms with Gasteiger partial charge in [-0.3, -0.25) is 0 Å². The van der Waals surface area contributed by atoms with E-state index in [0.717, 1.165) is 15.6 Å². The summed E-state index contributed by atoms with van der Waals surface area (Å²) >= 11 is 3.29. The van der Waals surface area contributed by atoms with Gasteiger partial charge in [0, 0.05) is 4.47 Å². The summed E-state index contributed by atoms with van der Waals surface area (Å²) in [6.07, 6.45) is 0.685. The van der Waals surface area contributed by atoms with Crippen LogP contribution >= 0.6 is 15.9 Å². The largest absolute Gasteiger partial charge is 0.478 e. The lowest BCUT2D eigenvalue weighted by molar-refractivity contribution is 0.0690. The monoisotopic (exact) mass is 256 g/mol. The molecule has 0 fully saturated rings. The minimum Gasteiger partial charge on any atom is -0.478 e. The average Bonchev–Trinajstić information content (AvgIpc) is 2.16. The van der Waals surface area contributed by atoms with Gasteiger partial charge in [0.15, 0.2) is 0 Å². The topological polar surface area (TPSA) is 46.5 Å². The molecule has 1 aromatic rings. The number of aromatic carboxylic acids is 1. The highest BCUT2D eigenvalue weighted by Gasteiger charge is 2.18. The van der Waals surface area contributed by atoms with Crippen LogP contribution in [-0.4, -0.2) is 17.7 Å². The highest BCUT2D eigenvalue weighted by Crippen LogP contribution is 2.25. The van der Waals surface area contributed by atoms with Crippen LogP contribution in [0.15, 0.2) is 16.6 Å². The molecule has 1 aromatic carbocycles. The van der Waals surface area contributed by atoms with Gasteiger partial charge in [0.05, 0.1) is 18.8 Å². The second-order valence-electron chi connectivity index (χ2n) is 3.20. The standard InChI is InChI=1S/C10H9BrO3/c11-7-3-6-5-14-2-1-8(6)9(4-7)10(12)13/h3-4H,1-2,5H2,(H,12,13). The van der Waals surface area contributed by atoms with Gasteiger partial charge in [-0.2, -0.15) is 0 Å². The molecule has 2 rings (SSSR count). The van der Waals surface area contributed by atoms with Crippen molar-refractivity contribution in [3.63, 3.8) is 0 Å². The first kappa shape index (κ1) is 9.68. The first-order chi connectivity index (χ1) is 6.68. The zero-order valence-corrected chi connectivity index (χ0v) is 9.00. The summed E-state index contributed by atoms with van der Waals surface area (Å²) in [4.78, 5) is 11.0. The van der Waals surface area contributed by atoms with E-state index in [2.05, 4.69) is 15.9 Å². The highest BCUT2D eigenvalue weighted by molar-refractivity contribution is 9.10. The molecule has 0 atom stereocenters. The lowest BCUT2D eigenvalue weighted by Crippen LogP contribution is -2.14.